The molecule has 104 valence electrons. The molecule has 1 aromatic heterocycles. The molecular formula is C14H13FN2O2S. The molecule has 1 N–H and O–H groups in total. The summed E-state index contributed by atoms with van der Waals surface area (Å²) >= 11 is 1.15. The molecule has 4 nitrogen and oxygen atoms in total. The van der Waals surface area contributed by atoms with Crippen molar-refractivity contribution in [1.82, 2.24) is 0 Å². The zero-order valence-electron chi connectivity index (χ0n) is 10.7. The van der Waals surface area contributed by atoms with Gasteiger partial charge in [0.05, 0.1) is 5.25 Å². The van der Waals surface area contributed by atoms with Gasteiger partial charge in [-0.05, 0) is 43.0 Å². The SMILES string of the molecule is C[C@H](Sc1cccc[n+]1[O-])C(=O)Nc1cccc(F)c1. The van der Waals surface area contributed by atoms with Gasteiger partial charge in [-0.2, -0.15) is 4.73 Å². The first-order chi connectivity index (χ1) is 9.56. The van der Waals surface area contributed by atoms with E-state index in [-0.39, 0.29) is 5.91 Å². The molecule has 2 aromatic rings. The number of benzene rings is 1. The zero-order valence-corrected chi connectivity index (χ0v) is 11.6. The predicted octanol–water partition coefficient (Wildman–Crippen LogP) is 2.58. The van der Waals surface area contributed by atoms with Crippen LogP contribution in [0.5, 0.6) is 0 Å². The van der Waals surface area contributed by atoms with Crippen molar-refractivity contribution in [3.05, 3.63) is 59.7 Å². The van der Waals surface area contributed by atoms with Gasteiger partial charge in [0.2, 0.25) is 5.91 Å². The molecule has 1 aromatic carbocycles. The highest BCUT2D eigenvalue weighted by Crippen LogP contribution is 2.21. The van der Waals surface area contributed by atoms with Gasteiger partial charge in [-0.25, -0.2) is 4.39 Å². The van der Waals surface area contributed by atoms with Crippen LogP contribution in [0.15, 0.2) is 53.7 Å². The van der Waals surface area contributed by atoms with Crippen molar-refractivity contribution >= 4 is 23.4 Å². The van der Waals surface area contributed by atoms with Gasteiger partial charge >= 0.3 is 0 Å². The van der Waals surface area contributed by atoms with Crippen molar-refractivity contribution < 1.29 is 13.9 Å². The largest absolute Gasteiger partial charge is 0.618 e. The van der Waals surface area contributed by atoms with E-state index >= 15 is 0 Å². The van der Waals surface area contributed by atoms with Gasteiger partial charge in [-0.15, -0.1) is 0 Å². The highest BCUT2D eigenvalue weighted by molar-refractivity contribution is 8.00. The summed E-state index contributed by atoms with van der Waals surface area (Å²) in [6.07, 6.45) is 1.37. The highest BCUT2D eigenvalue weighted by atomic mass is 32.2. The Bertz CT molecular complexity index is 622. The Morgan fingerprint density at radius 2 is 2.15 bits per heavy atom. The summed E-state index contributed by atoms with van der Waals surface area (Å²) in [6, 6.07) is 10.7. The van der Waals surface area contributed by atoms with Gasteiger partial charge < -0.3 is 10.5 Å². The molecule has 0 radical (unpaired) electrons. The molecule has 0 saturated carbocycles. The van der Waals surface area contributed by atoms with E-state index in [1.165, 1.54) is 24.4 Å². The second kappa shape index (κ2) is 6.38. The van der Waals surface area contributed by atoms with E-state index in [9.17, 15) is 14.4 Å². The summed E-state index contributed by atoms with van der Waals surface area (Å²) in [5, 5.41) is 14.1. The van der Waals surface area contributed by atoms with Crippen LogP contribution in [0.4, 0.5) is 10.1 Å². The number of rotatable bonds is 4. The molecule has 1 atom stereocenters. The number of nitrogens with zero attached hydrogens (tertiary/aromatic N) is 1. The average Bonchev–Trinajstić information content (AvgIpc) is 2.41. The summed E-state index contributed by atoms with van der Waals surface area (Å²) in [7, 11) is 0. The minimum absolute atomic E-state index is 0.288. The van der Waals surface area contributed by atoms with Crippen LogP contribution in [-0.2, 0) is 4.79 Å². The fourth-order valence-corrected chi connectivity index (χ4v) is 2.40. The number of carbonyl (C=O) groups excluding carboxylic acids is 1. The monoisotopic (exact) mass is 292 g/mol. The van der Waals surface area contributed by atoms with Crippen LogP contribution in [0.2, 0.25) is 0 Å². The number of hydrogen-bond acceptors (Lipinski definition) is 3. The molecule has 6 heteroatoms. The zero-order chi connectivity index (χ0) is 14.5. The quantitative estimate of drug-likeness (QED) is 0.535. The number of carbonyl (C=O) groups is 1. The number of thioether (sulfide) groups is 1. The number of aromatic nitrogens is 1. The standard InChI is InChI=1S/C14H13FN2O2S/c1-10(20-13-7-2-3-8-17(13)19)14(18)16-12-6-4-5-11(15)9-12/h2-10H,1H3,(H,16,18)/t10-/m0/s1. The topological polar surface area (TPSA) is 56.0 Å². The number of anilines is 1. The van der Waals surface area contributed by atoms with Gasteiger partial charge in [-0.3, -0.25) is 4.79 Å². The van der Waals surface area contributed by atoms with E-state index in [1.807, 2.05) is 0 Å². The first kappa shape index (κ1) is 14.3. The van der Waals surface area contributed by atoms with Crippen LogP contribution < -0.4 is 10.0 Å². The van der Waals surface area contributed by atoms with Crippen molar-refractivity contribution in [1.29, 1.82) is 0 Å². The number of pyridine rings is 1. The van der Waals surface area contributed by atoms with E-state index in [2.05, 4.69) is 5.32 Å². The minimum atomic E-state index is -0.471. The molecule has 2 rings (SSSR count). The second-order valence-electron chi connectivity index (χ2n) is 4.12. The summed E-state index contributed by atoms with van der Waals surface area (Å²) in [6.45, 7) is 1.69. The summed E-state index contributed by atoms with van der Waals surface area (Å²) in [5.41, 5.74) is 0.394. The molecule has 0 aliphatic rings. The summed E-state index contributed by atoms with van der Waals surface area (Å²) in [5.74, 6) is -0.701. The minimum Gasteiger partial charge on any atom is -0.618 e. The number of amides is 1. The fraction of sp³-hybridized carbons (Fsp3) is 0.143. The number of hydrogen-bond donors (Lipinski definition) is 1. The van der Waals surface area contributed by atoms with E-state index < -0.39 is 11.1 Å². The third kappa shape index (κ3) is 3.71. The maximum atomic E-state index is 13.0. The lowest BCUT2D eigenvalue weighted by Gasteiger charge is -2.11. The van der Waals surface area contributed by atoms with Gasteiger partial charge in [0, 0.05) is 17.8 Å². The molecule has 1 amide bonds. The van der Waals surface area contributed by atoms with E-state index in [0.717, 1.165) is 11.8 Å². The van der Waals surface area contributed by atoms with Crippen molar-refractivity contribution in [2.45, 2.75) is 17.2 Å². The van der Waals surface area contributed by atoms with Crippen LogP contribution in [0.1, 0.15) is 6.92 Å². The van der Waals surface area contributed by atoms with E-state index in [4.69, 9.17) is 0 Å². The first-order valence-corrected chi connectivity index (χ1v) is 6.85. The molecule has 0 fully saturated rings. The van der Waals surface area contributed by atoms with Crippen molar-refractivity contribution in [2.75, 3.05) is 5.32 Å². The number of halogens is 1. The van der Waals surface area contributed by atoms with Crippen LogP contribution in [0.25, 0.3) is 0 Å². The Morgan fingerprint density at radius 3 is 2.85 bits per heavy atom. The second-order valence-corrected chi connectivity index (χ2v) is 5.49. The van der Waals surface area contributed by atoms with Gasteiger partial charge in [-0.1, -0.05) is 6.07 Å². The van der Waals surface area contributed by atoms with E-state index in [1.54, 1.807) is 31.2 Å². The summed E-state index contributed by atoms with van der Waals surface area (Å²) < 4.78 is 13.7. The van der Waals surface area contributed by atoms with Gasteiger partial charge in [0.25, 0.3) is 5.03 Å². The molecule has 0 bridgehead atoms. The van der Waals surface area contributed by atoms with Gasteiger partial charge in [0.1, 0.15) is 5.82 Å². The van der Waals surface area contributed by atoms with Gasteiger partial charge in [0.15, 0.2) is 6.20 Å². The third-order valence-corrected chi connectivity index (χ3v) is 3.67. The molecular weight excluding hydrogens is 279 g/mol. The first-order valence-electron chi connectivity index (χ1n) is 5.97. The Hall–Kier alpha value is -2.08. The molecule has 0 aliphatic heterocycles. The number of nitrogens with one attached hydrogen (secondary N) is 1. The predicted molar refractivity (Wildman–Crippen MR) is 75.8 cm³/mol. The van der Waals surface area contributed by atoms with Crippen LogP contribution in [0.3, 0.4) is 0 Å². The maximum Gasteiger partial charge on any atom is 0.252 e. The maximum absolute atomic E-state index is 13.0. The lowest BCUT2D eigenvalue weighted by Crippen LogP contribution is -2.30. The Labute approximate surface area is 120 Å². The molecule has 1 heterocycles. The normalized spacial score (nSPS) is 11.9. The van der Waals surface area contributed by atoms with Crippen LogP contribution in [-0.4, -0.2) is 11.2 Å². The average molecular weight is 292 g/mol. The Balaban J connectivity index is 2.01. The van der Waals surface area contributed by atoms with Crippen molar-refractivity contribution in [2.24, 2.45) is 0 Å². The molecule has 0 saturated heterocycles. The lowest BCUT2D eigenvalue weighted by atomic mass is 10.3. The Morgan fingerprint density at radius 1 is 1.35 bits per heavy atom. The fourth-order valence-electron chi connectivity index (χ4n) is 1.55. The van der Waals surface area contributed by atoms with Crippen LogP contribution in [0, 0.1) is 11.0 Å². The molecule has 0 unspecified atom stereocenters. The molecule has 0 aliphatic carbocycles. The molecule has 20 heavy (non-hydrogen) atoms. The molecule has 0 spiro atoms. The lowest BCUT2D eigenvalue weighted by molar-refractivity contribution is -0.645. The van der Waals surface area contributed by atoms with Crippen molar-refractivity contribution in [3.63, 3.8) is 0 Å². The smallest absolute Gasteiger partial charge is 0.252 e. The Kier molecular flexibility index (Phi) is 4.57. The van der Waals surface area contributed by atoms with Crippen molar-refractivity contribution in [3.8, 4) is 0 Å². The summed E-state index contributed by atoms with van der Waals surface area (Å²) in [4.78, 5) is 12.0. The third-order valence-electron chi connectivity index (χ3n) is 2.55. The van der Waals surface area contributed by atoms with Crippen LogP contribution >= 0.6 is 11.8 Å². The van der Waals surface area contributed by atoms with E-state index in [0.29, 0.717) is 15.4 Å². The highest BCUT2D eigenvalue weighted by Gasteiger charge is 2.18.